The molecule has 18 heavy (non-hydrogen) atoms. The van der Waals surface area contributed by atoms with Crippen LogP contribution < -0.4 is 4.72 Å². The van der Waals surface area contributed by atoms with Crippen molar-refractivity contribution in [1.82, 2.24) is 9.71 Å². The maximum absolute atomic E-state index is 13.5. The normalized spacial score (nSPS) is 25.0. The third-order valence-electron chi connectivity index (χ3n) is 3.40. The Morgan fingerprint density at radius 1 is 1.39 bits per heavy atom. The zero-order valence-electron chi connectivity index (χ0n) is 10.3. The third kappa shape index (κ3) is 2.87. The first-order valence-electron chi connectivity index (χ1n) is 6.13. The molecule has 0 spiro atoms. The molecule has 1 saturated carbocycles. The van der Waals surface area contributed by atoms with Crippen LogP contribution in [-0.2, 0) is 10.0 Å². The van der Waals surface area contributed by atoms with Gasteiger partial charge in [0.05, 0.1) is 0 Å². The van der Waals surface area contributed by atoms with Gasteiger partial charge in [-0.25, -0.2) is 22.5 Å². The number of pyridine rings is 1. The fourth-order valence-corrected chi connectivity index (χ4v) is 3.70. The van der Waals surface area contributed by atoms with Crippen molar-refractivity contribution in [3.05, 3.63) is 24.1 Å². The molecule has 2 unspecified atom stereocenters. The highest BCUT2D eigenvalue weighted by molar-refractivity contribution is 7.89. The first-order valence-corrected chi connectivity index (χ1v) is 7.62. The number of halogens is 1. The van der Waals surface area contributed by atoms with Crippen LogP contribution in [0.1, 0.15) is 32.6 Å². The fraction of sp³-hybridized carbons (Fsp3) is 0.583. The van der Waals surface area contributed by atoms with Crippen LogP contribution in [0.25, 0.3) is 0 Å². The number of hydrogen-bond donors (Lipinski definition) is 1. The Morgan fingerprint density at radius 2 is 2.11 bits per heavy atom. The van der Waals surface area contributed by atoms with Gasteiger partial charge in [-0.05, 0) is 30.9 Å². The van der Waals surface area contributed by atoms with Gasteiger partial charge in [-0.3, -0.25) is 0 Å². The van der Waals surface area contributed by atoms with E-state index in [1.165, 1.54) is 12.3 Å². The van der Waals surface area contributed by atoms with E-state index in [1.807, 2.05) is 6.92 Å². The predicted octanol–water partition coefficient (Wildman–Crippen LogP) is 2.08. The maximum atomic E-state index is 13.5. The first kappa shape index (κ1) is 13.4. The van der Waals surface area contributed by atoms with E-state index in [-0.39, 0.29) is 12.0 Å². The Bertz CT molecular complexity index is 519. The lowest BCUT2D eigenvalue weighted by Crippen LogP contribution is -2.41. The van der Waals surface area contributed by atoms with Crippen molar-refractivity contribution in [3.8, 4) is 0 Å². The quantitative estimate of drug-likeness (QED) is 0.916. The van der Waals surface area contributed by atoms with E-state index >= 15 is 0 Å². The van der Waals surface area contributed by atoms with Crippen LogP contribution in [0, 0.1) is 11.7 Å². The van der Waals surface area contributed by atoms with Gasteiger partial charge in [-0.1, -0.05) is 19.8 Å². The standard InChI is InChI=1S/C12H17FN2O2S/c1-9-5-2-3-7-11(9)15-18(16,17)12-10(13)6-4-8-14-12/h4,6,8-9,11,15H,2-3,5,7H2,1H3. The lowest BCUT2D eigenvalue weighted by Gasteiger charge is -2.29. The third-order valence-corrected chi connectivity index (χ3v) is 4.82. The summed E-state index contributed by atoms with van der Waals surface area (Å²) in [5.41, 5.74) is 0. The molecule has 1 aliphatic rings. The molecule has 100 valence electrons. The van der Waals surface area contributed by atoms with Crippen molar-refractivity contribution >= 4 is 10.0 Å². The summed E-state index contributed by atoms with van der Waals surface area (Å²) in [6, 6.07) is 2.36. The second kappa shape index (κ2) is 5.32. The molecule has 4 nitrogen and oxygen atoms in total. The first-order chi connectivity index (χ1) is 8.50. The second-order valence-corrected chi connectivity index (χ2v) is 6.41. The molecule has 6 heteroatoms. The van der Waals surface area contributed by atoms with Gasteiger partial charge < -0.3 is 0 Å². The molecule has 1 aromatic rings. The summed E-state index contributed by atoms with van der Waals surface area (Å²) in [4.78, 5) is 3.62. The van der Waals surface area contributed by atoms with E-state index in [4.69, 9.17) is 0 Å². The van der Waals surface area contributed by atoms with E-state index in [0.717, 1.165) is 31.7 Å². The number of hydrogen-bond acceptors (Lipinski definition) is 3. The molecular weight excluding hydrogens is 255 g/mol. The highest BCUT2D eigenvalue weighted by Crippen LogP contribution is 2.25. The van der Waals surface area contributed by atoms with E-state index in [9.17, 15) is 12.8 Å². The Labute approximate surface area is 107 Å². The van der Waals surface area contributed by atoms with Gasteiger partial charge in [0.1, 0.15) is 0 Å². The van der Waals surface area contributed by atoms with Crippen LogP contribution in [0.4, 0.5) is 4.39 Å². The van der Waals surface area contributed by atoms with E-state index in [0.29, 0.717) is 0 Å². The molecule has 1 N–H and O–H groups in total. The minimum Gasteiger partial charge on any atom is -0.241 e. The number of nitrogens with one attached hydrogen (secondary N) is 1. The van der Waals surface area contributed by atoms with Crippen molar-refractivity contribution in [3.63, 3.8) is 0 Å². The zero-order chi connectivity index (χ0) is 13.2. The van der Waals surface area contributed by atoms with Crippen LogP contribution in [0.2, 0.25) is 0 Å². The fourth-order valence-electron chi connectivity index (χ4n) is 2.32. The van der Waals surface area contributed by atoms with Gasteiger partial charge in [-0.2, -0.15) is 0 Å². The van der Waals surface area contributed by atoms with Gasteiger partial charge in [0.2, 0.25) is 5.03 Å². The Balaban J connectivity index is 2.19. The molecule has 0 amide bonds. The largest absolute Gasteiger partial charge is 0.261 e. The van der Waals surface area contributed by atoms with Crippen molar-refractivity contribution in [2.24, 2.45) is 5.92 Å². The maximum Gasteiger partial charge on any atom is 0.261 e. The molecule has 1 aliphatic carbocycles. The lowest BCUT2D eigenvalue weighted by molar-refractivity contribution is 0.310. The van der Waals surface area contributed by atoms with Crippen molar-refractivity contribution in [2.45, 2.75) is 43.7 Å². The molecular formula is C12H17FN2O2S. The average Bonchev–Trinajstić information content (AvgIpc) is 2.32. The molecule has 0 aromatic carbocycles. The summed E-state index contributed by atoms with van der Waals surface area (Å²) in [6.07, 6.45) is 5.20. The SMILES string of the molecule is CC1CCCCC1NS(=O)(=O)c1ncccc1F. The molecule has 1 aromatic heterocycles. The smallest absolute Gasteiger partial charge is 0.241 e. The Hall–Kier alpha value is -1.01. The van der Waals surface area contributed by atoms with Gasteiger partial charge in [0.15, 0.2) is 5.82 Å². The van der Waals surface area contributed by atoms with Gasteiger partial charge in [0, 0.05) is 12.2 Å². The summed E-state index contributed by atoms with van der Waals surface area (Å²) in [7, 11) is -3.86. The number of nitrogens with zero attached hydrogens (tertiary/aromatic N) is 1. The van der Waals surface area contributed by atoms with Crippen molar-refractivity contribution in [1.29, 1.82) is 0 Å². The highest BCUT2D eigenvalue weighted by Gasteiger charge is 2.28. The molecule has 1 heterocycles. The van der Waals surface area contributed by atoms with Crippen LogP contribution in [-0.4, -0.2) is 19.4 Å². The Kier molecular flexibility index (Phi) is 3.97. The molecule has 0 aliphatic heterocycles. The summed E-state index contributed by atoms with van der Waals surface area (Å²) < 4.78 is 40.1. The van der Waals surface area contributed by atoms with Crippen LogP contribution >= 0.6 is 0 Å². The van der Waals surface area contributed by atoms with E-state index in [2.05, 4.69) is 9.71 Å². The van der Waals surface area contributed by atoms with Gasteiger partial charge in [0.25, 0.3) is 10.0 Å². The summed E-state index contributed by atoms with van der Waals surface area (Å²) in [6.45, 7) is 2.02. The summed E-state index contributed by atoms with van der Waals surface area (Å²) >= 11 is 0. The van der Waals surface area contributed by atoms with Crippen LogP contribution in [0.3, 0.4) is 0 Å². The van der Waals surface area contributed by atoms with Crippen LogP contribution in [0.15, 0.2) is 23.4 Å². The average molecular weight is 272 g/mol. The minimum atomic E-state index is -3.86. The van der Waals surface area contributed by atoms with Crippen molar-refractivity contribution < 1.29 is 12.8 Å². The molecule has 0 radical (unpaired) electrons. The molecule has 1 fully saturated rings. The van der Waals surface area contributed by atoms with Gasteiger partial charge >= 0.3 is 0 Å². The van der Waals surface area contributed by atoms with Crippen molar-refractivity contribution in [2.75, 3.05) is 0 Å². The number of aromatic nitrogens is 1. The molecule has 2 rings (SSSR count). The van der Waals surface area contributed by atoms with E-state index in [1.54, 1.807) is 0 Å². The number of sulfonamides is 1. The molecule has 2 atom stereocenters. The minimum absolute atomic E-state index is 0.120. The predicted molar refractivity (Wildman–Crippen MR) is 65.9 cm³/mol. The lowest BCUT2D eigenvalue weighted by atomic mass is 9.87. The van der Waals surface area contributed by atoms with Crippen LogP contribution in [0.5, 0.6) is 0 Å². The summed E-state index contributed by atoms with van der Waals surface area (Å²) in [5, 5.41) is -0.511. The Morgan fingerprint density at radius 3 is 2.78 bits per heavy atom. The summed E-state index contributed by atoms with van der Waals surface area (Å²) in [5.74, 6) is -0.534. The monoisotopic (exact) mass is 272 g/mol. The van der Waals surface area contributed by atoms with E-state index < -0.39 is 20.9 Å². The molecule has 0 saturated heterocycles. The van der Waals surface area contributed by atoms with Gasteiger partial charge in [-0.15, -0.1) is 0 Å². The topological polar surface area (TPSA) is 59.1 Å². The highest BCUT2D eigenvalue weighted by atomic mass is 32.2. The number of rotatable bonds is 3. The zero-order valence-corrected chi connectivity index (χ0v) is 11.1. The second-order valence-electron chi connectivity index (χ2n) is 4.78. The molecule has 0 bridgehead atoms.